The first kappa shape index (κ1) is 13.0. The number of hydrogen-bond donors (Lipinski definition) is 2. The van der Waals surface area contributed by atoms with E-state index in [0.29, 0.717) is 0 Å². The van der Waals surface area contributed by atoms with Crippen molar-refractivity contribution in [2.75, 3.05) is 6.54 Å². The maximum atomic E-state index is 4.54. The summed E-state index contributed by atoms with van der Waals surface area (Å²) in [5.41, 5.74) is 1.30. The lowest BCUT2D eigenvalue weighted by Crippen LogP contribution is -2.47. The van der Waals surface area contributed by atoms with Gasteiger partial charge < -0.3 is 10.6 Å². The minimum Gasteiger partial charge on any atom is -0.357 e. The summed E-state index contributed by atoms with van der Waals surface area (Å²) >= 11 is 1.71. The van der Waals surface area contributed by atoms with Gasteiger partial charge in [0.15, 0.2) is 5.96 Å². The molecule has 2 N–H and O–H groups in total. The third-order valence-corrected chi connectivity index (χ3v) is 2.57. The molecule has 0 fully saturated rings. The standard InChI is InChI=1S/C12H21N3S/c1-5-13-11(15-12(2,3)4)14-8-10-6-7-16-9-10/h6-7,9H,5,8H2,1-4H3,(H2,13,14,15). The molecule has 0 saturated heterocycles. The Kier molecular flexibility index (Phi) is 4.80. The number of hydrogen-bond acceptors (Lipinski definition) is 2. The Hall–Kier alpha value is -1.03. The molecule has 1 rings (SSSR count). The molecule has 4 heteroatoms. The molecule has 0 atom stereocenters. The molecule has 1 aromatic rings. The van der Waals surface area contributed by atoms with Crippen LogP contribution in [0.3, 0.4) is 0 Å². The van der Waals surface area contributed by atoms with Crippen molar-refractivity contribution in [1.82, 2.24) is 10.6 Å². The van der Waals surface area contributed by atoms with Gasteiger partial charge in [-0.15, -0.1) is 0 Å². The van der Waals surface area contributed by atoms with Gasteiger partial charge in [0.2, 0.25) is 0 Å². The highest BCUT2D eigenvalue weighted by molar-refractivity contribution is 7.07. The van der Waals surface area contributed by atoms with Crippen molar-refractivity contribution in [3.05, 3.63) is 22.4 Å². The Morgan fingerprint density at radius 2 is 2.19 bits per heavy atom. The van der Waals surface area contributed by atoms with Crippen LogP contribution >= 0.6 is 11.3 Å². The van der Waals surface area contributed by atoms with E-state index in [2.05, 4.69) is 60.1 Å². The number of thiophene rings is 1. The molecule has 1 aromatic heterocycles. The van der Waals surface area contributed by atoms with Gasteiger partial charge in [-0.1, -0.05) is 0 Å². The van der Waals surface area contributed by atoms with Crippen molar-refractivity contribution in [2.45, 2.75) is 39.8 Å². The van der Waals surface area contributed by atoms with E-state index < -0.39 is 0 Å². The molecular formula is C12H21N3S. The van der Waals surface area contributed by atoms with Crippen molar-refractivity contribution in [2.24, 2.45) is 4.99 Å². The second-order valence-corrected chi connectivity index (χ2v) is 5.48. The van der Waals surface area contributed by atoms with E-state index in [9.17, 15) is 0 Å². The summed E-state index contributed by atoms with van der Waals surface area (Å²) in [7, 11) is 0. The molecule has 0 amide bonds. The van der Waals surface area contributed by atoms with Crippen LogP contribution < -0.4 is 10.6 Å². The van der Waals surface area contributed by atoms with E-state index in [4.69, 9.17) is 0 Å². The fourth-order valence-electron chi connectivity index (χ4n) is 1.22. The maximum Gasteiger partial charge on any atom is 0.191 e. The molecule has 3 nitrogen and oxygen atoms in total. The van der Waals surface area contributed by atoms with E-state index >= 15 is 0 Å². The van der Waals surface area contributed by atoms with Crippen LogP contribution in [0, 0.1) is 0 Å². The second-order valence-electron chi connectivity index (χ2n) is 4.70. The molecule has 0 aliphatic carbocycles. The number of guanidine groups is 1. The molecule has 0 radical (unpaired) electrons. The Morgan fingerprint density at radius 1 is 1.44 bits per heavy atom. The van der Waals surface area contributed by atoms with Gasteiger partial charge in [-0.3, -0.25) is 0 Å². The highest BCUT2D eigenvalue weighted by Gasteiger charge is 2.11. The van der Waals surface area contributed by atoms with Gasteiger partial charge in [-0.2, -0.15) is 11.3 Å². The number of rotatable bonds is 3. The molecule has 0 aliphatic heterocycles. The second kappa shape index (κ2) is 5.89. The lowest BCUT2D eigenvalue weighted by atomic mass is 10.1. The molecule has 0 aromatic carbocycles. The Morgan fingerprint density at radius 3 is 2.69 bits per heavy atom. The first-order chi connectivity index (χ1) is 7.51. The topological polar surface area (TPSA) is 36.4 Å². The maximum absolute atomic E-state index is 4.54. The van der Waals surface area contributed by atoms with Crippen LogP contribution in [0.5, 0.6) is 0 Å². The fourth-order valence-corrected chi connectivity index (χ4v) is 1.88. The summed E-state index contributed by atoms with van der Waals surface area (Å²) < 4.78 is 0. The van der Waals surface area contributed by atoms with Crippen molar-refractivity contribution in [1.29, 1.82) is 0 Å². The van der Waals surface area contributed by atoms with E-state index in [-0.39, 0.29) is 5.54 Å². The van der Waals surface area contributed by atoms with Crippen LogP contribution in [0.2, 0.25) is 0 Å². The monoisotopic (exact) mass is 239 g/mol. The van der Waals surface area contributed by atoms with Crippen LogP contribution in [0.25, 0.3) is 0 Å². The van der Waals surface area contributed by atoms with Crippen molar-refractivity contribution in [3.63, 3.8) is 0 Å². The van der Waals surface area contributed by atoms with E-state index in [1.165, 1.54) is 5.56 Å². The van der Waals surface area contributed by atoms with Gasteiger partial charge in [0.1, 0.15) is 0 Å². The molecule has 0 spiro atoms. The van der Waals surface area contributed by atoms with Gasteiger partial charge >= 0.3 is 0 Å². The quantitative estimate of drug-likeness (QED) is 0.628. The summed E-state index contributed by atoms with van der Waals surface area (Å²) in [5, 5.41) is 10.8. The van der Waals surface area contributed by atoms with Gasteiger partial charge in [0.25, 0.3) is 0 Å². The van der Waals surface area contributed by atoms with Crippen LogP contribution in [-0.2, 0) is 6.54 Å². The van der Waals surface area contributed by atoms with Crippen LogP contribution in [0.4, 0.5) is 0 Å². The highest BCUT2D eigenvalue weighted by atomic mass is 32.1. The summed E-state index contributed by atoms with van der Waals surface area (Å²) in [5.74, 6) is 0.876. The van der Waals surface area contributed by atoms with Gasteiger partial charge in [0, 0.05) is 12.1 Å². The van der Waals surface area contributed by atoms with Gasteiger partial charge in [-0.25, -0.2) is 4.99 Å². The van der Waals surface area contributed by atoms with E-state index in [1.807, 2.05) is 0 Å². The highest BCUT2D eigenvalue weighted by Crippen LogP contribution is 2.07. The smallest absolute Gasteiger partial charge is 0.191 e. The zero-order valence-corrected chi connectivity index (χ0v) is 11.3. The third kappa shape index (κ3) is 5.16. The van der Waals surface area contributed by atoms with E-state index in [0.717, 1.165) is 19.0 Å². The van der Waals surface area contributed by atoms with Gasteiger partial charge in [-0.05, 0) is 50.1 Å². The molecule has 0 bridgehead atoms. The van der Waals surface area contributed by atoms with Crippen LogP contribution in [-0.4, -0.2) is 18.0 Å². The molecule has 90 valence electrons. The zero-order chi connectivity index (χ0) is 12.0. The molecule has 0 saturated carbocycles. The summed E-state index contributed by atoms with van der Waals surface area (Å²) in [6, 6.07) is 2.11. The van der Waals surface area contributed by atoms with Crippen LogP contribution in [0.1, 0.15) is 33.3 Å². The first-order valence-corrected chi connectivity index (χ1v) is 6.53. The number of nitrogens with zero attached hydrogens (tertiary/aromatic N) is 1. The molecular weight excluding hydrogens is 218 g/mol. The summed E-state index contributed by atoms with van der Waals surface area (Å²) in [6.07, 6.45) is 0. The Bertz CT molecular complexity index is 323. The lowest BCUT2D eigenvalue weighted by Gasteiger charge is -2.23. The Balaban J connectivity index is 2.58. The Labute approximate surface area is 102 Å². The molecule has 0 aliphatic rings. The van der Waals surface area contributed by atoms with Crippen molar-refractivity contribution >= 4 is 17.3 Å². The summed E-state index contributed by atoms with van der Waals surface area (Å²) in [4.78, 5) is 4.54. The third-order valence-electron chi connectivity index (χ3n) is 1.84. The van der Waals surface area contributed by atoms with Gasteiger partial charge in [0.05, 0.1) is 6.54 Å². The average molecular weight is 239 g/mol. The minimum absolute atomic E-state index is 0.0374. The first-order valence-electron chi connectivity index (χ1n) is 5.59. The predicted octanol–water partition coefficient (Wildman–Crippen LogP) is 2.60. The summed E-state index contributed by atoms with van der Waals surface area (Å²) in [6.45, 7) is 10.1. The minimum atomic E-state index is 0.0374. The molecule has 16 heavy (non-hydrogen) atoms. The van der Waals surface area contributed by atoms with Crippen LogP contribution in [0.15, 0.2) is 21.8 Å². The average Bonchev–Trinajstić information content (AvgIpc) is 2.64. The predicted molar refractivity (Wildman–Crippen MR) is 72.0 cm³/mol. The lowest BCUT2D eigenvalue weighted by molar-refractivity contribution is 0.501. The van der Waals surface area contributed by atoms with Crippen molar-refractivity contribution < 1.29 is 0 Å². The largest absolute Gasteiger partial charge is 0.357 e. The van der Waals surface area contributed by atoms with E-state index in [1.54, 1.807) is 11.3 Å². The number of aliphatic imine (C=N–C) groups is 1. The van der Waals surface area contributed by atoms with Crippen molar-refractivity contribution in [3.8, 4) is 0 Å². The normalized spacial score (nSPS) is 12.6. The fraction of sp³-hybridized carbons (Fsp3) is 0.583. The number of nitrogens with one attached hydrogen (secondary N) is 2. The zero-order valence-electron chi connectivity index (χ0n) is 10.5. The molecule has 1 heterocycles. The SMILES string of the molecule is CCNC(=NCc1ccsc1)NC(C)(C)C. The molecule has 0 unspecified atom stereocenters.